The molecule has 6 N–H and O–H groups in total. The van der Waals surface area contributed by atoms with E-state index in [9.17, 15) is 19.2 Å². The van der Waals surface area contributed by atoms with Gasteiger partial charge in [-0.25, -0.2) is 9.48 Å². The lowest BCUT2D eigenvalue weighted by molar-refractivity contribution is -0.138. The van der Waals surface area contributed by atoms with Crippen LogP contribution in [0.2, 0.25) is 0 Å². The largest absolute Gasteiger partial charge is 0.480 e. The summed E-state index contributed by atoms with van der Waals surface area (Å²) < 4.78 is 28.5. The van der Waals surface area contributed by atoms with Crippen LogP contribution in [-0.4, -0.2) is 129 Å². The molecule has 1 aliphatic carbocycles. The molecule has 1 aromatic rings. The number of carboxylic acids is 1. The highest BCUT2D eigenvalue weighted by Gasteiger charge is 2.13. The Balaban J connectivity index is 1.33. The van der Waals surface area contributed by atoms with E-state index < -0.39 is 18.1 Å². The van der Waals surface area contributed by atoms with Crippen LogP contribution >= 0.6 is 0 Å². The fourth-order valence-electron chi connectivity index (χ4n) is 4.22. The van der Waals surface area contributed by atoms with Crippen molar-refractivity contribution in [3.63, 3.8) is 0 Å². The first kappa shape index (κ1) is 42.7. The van der Waals surface area contributed by atoms with Crippen LogP contribution in [0.5, 0.6) is 0 Å². The van der Waals surface area contributed by atoms with Crippen LogP contribution in [0.3, 0.4) is 0 Å². The van der Waals surface area contributed by atoms with Gasteiger partial charge in [0.25, 0.3) is 0 Å². The lowest BCUT2D eigenvalue weighted by Crippen LogP contribution is -2.33. The number of carbonyl (C=O) groups is 4. The van der Waals surface area contributed by atoms with Crippen molar-refractivity contribution >= 4 is 23.9 Å². The summed E-state index contributed by atoms with van der Waals surface area (Å²) in [6.45, 7) is 3.97. The van der Waals surface area contributed by atoms with E-state index in [0.717, 1.165) is 19.3 Å². The zero-order chi connectivity index (χ0) is 36.8. The van der Waals surface area contributed by atoms with Crippen molar-refractivity contribution in [1.29, 1.82) is 0 Å². The van der Waals surface area contributed by atoms with Crippen molar-refractivity contribution in [3.05, 3.63) is 60.0 Å². The molecule has 1 aliphatic rings. The molecule has 0 fully saturated rings. The number of hydrogen-bond donors (Lipinski definition) is 5. The molecule has 0 bridgehead atoms. The fourth-order valence-corrected chi connectivity index (χ4v) is 4.22. The van der Waals surface area contributed by atoms with Gasteiger partial charge in [0.05, 0.1) is 65.1 Å². The van der Waals surface area contributed by atoms with Crippen LogP contribution in [0.4, 0.5) is 4.79 Å². The molecule has 0 radical (unpaired) electrons. The first-order chi connectivity index (χ1) is 24.8. The van der Waals surface area contributed by atoms with Crippen LogP contribution in [0.15, 0.2) is 54.3 Å². The van der Waals surface area contributed by atoms with E-state index in [1.54, 1.807) is 10.9 Å². The van der Waals surface area contributed by atoms with E-state index in [0.29, 0.717) is 58.2 Å². The van der Waals surface area contributed by atoms with Gasteiger partial charge in [-0.2, -0.15) is 0 Å². The summed E-state index contributed by atoms with van der Waals surface area (Å²) in [6, 6.07) is -1.06. The van der Waals surface area contributed by atoms with Crippen LogP contribution in [0, 0.1) is 0 Å². The maximum absolute atomic E-state index is 11.9. The van der Waals surface area contributed by atoms with Gasteiger partial charge in [0.15, 0.2) is 0 Å². The molecule has 0 aromatic carbocycles. The normalized spacial score (nSPS) is 15.7. The molecule has 0 aliphatic heterocycles. The van der Waals surface area contributed by atoms with E-state index in [4.69, 9.17) is 34.5 Å². The van der Waals surface area contributed by atoms with E-state index in [2.05, 4.69) is 38.4 Å². The number of nitrogens with one attached hydrogen (secondary N) is 3. The number of hydrogen-bond acceptors (Lipinski definition) is 12. The number of ether oxygens (including phenoxy) is 5. The van der Waals surface area contributed by atoms with Gasteiger partial charge in [-0.3, -0.25) is 14.4 Å². The molecule has 17 nitrogen and oxygen atoms in total. The predicted octanol–water partition coefficient (Wildman–Crippen LogP) is 0.817. The number of carboxylic acid groups (broad SMARTS) is 1. The Kier molecular flexibility index (Phi) is 23.7. The number of unbranched alkanes of at least 4 members (excludes halogenated alkanes) is 1. The molecule has 0 saturated heterocycles. The number of aliphatic carboxylic acids is 1. The number of nitrogens with two attached hydrogens (primary N) is 1. The Morgan fingerprint density at radius 2 is 1.45 bits per heavy atom. The number of nitrogens with zero attached hydrogens (tertiary/aromatic N) is 3. The Bertz CT molecular complexity index is 1280. The third kappa shape index (κ3) is 23.6. The zero-order valence-electron chi connectivity index (χ0n) is 29.2. The minimum atomic E-state index is -1.14. The number of rotatable bonds is 29. The van der Waals surface area contributed by atoms with Crippen molar-refractivity contribution in [2.45, 2.75) is 51.1 Å². The van der Waals surface area contributed by atoms with Crippen molar-refractivity contribution < 1.29 is 48.0 Å². The van der Waals surface area contributed by atoms with Gasteiger partial charge < -0.3 is 50.5 Å². The van der Waals surface area contributed by atoms with E-state index in [1.165, 1.54) is 5.57 Å². The number of aromatic nitrogens is 3. The second kappa shape index (κ2) is 28.3. The average Bonchev–Trinajstić information content (AvgIpc) is 3.55. The molecule has 51 heavy (non-hydrogen) atoms. The Morgan fingerprint density at radius 3 is 2.22 bits per heavy atom. The first-order valence-corrected chi connectivity index (χ1v) is 17.2. The second-order valence-electron chi connectivity index (χ2n) is 11.2. The van der Waals surface area contributed by atoms with Crippen molar-refractivity contribution in [1.82, 2.24) is 30.9 Å². The summed E-state index contributed by atoms with van der Waals surface area (Å²) in [4.78, 5) is 46.0. The molecule has 3 amide bonds. The van der Waals surface area contributed by atoms with E-state index >= 15 is 0 Å². The lowest BCUT2D eigenvalue weighted by atomic mass is 10.1. The quantitative estimate of drug-likeness (QED) is 0.0724. The summed E-state index contributed by atoms with van der Waals surface area (Å²) in [5, 5.41) is 24.9. The molecule has 17 heteroatoms. The summed E-state index contributed by atoms with van der Waals surface area (Å²) in [6.07, 6.45) is 18.9. The van der Waals surface area contributed by atoms with Gasteiger partial charge >= 0.3 is 12.1 Å². The average molecular weight is 720 g/mol. The maximum Gasteiger partial charge on any atom is 0.407 e. The topological polar surface area (TPSA) is 227 Å². The third-order valence-corrected chi connectivity index (χ3v) is 6.98. The van der Waals surface area contributed by atoms with Gasteiger partial charge in [0.1, 0.15) is 12.6 Å². The molecule has 1 unspecified atom stereocenters. The highest BCUT2D eigenvalue weighted by atomic mass is 16.5. The molecule has 0 saturated carbocycles. The smallest absolute Gasteiger partial charge is 0.407 e. The van der Waals surface area contributed by atoms with Crippen LogP contribution in [0.25, 0.3) is 0 Å². The van der Waals surface area contributed by atoms with Crippen molar-refractivity contribution in [3.8, 4) is 0 Å². The van der Waals surface area contributed by atoms with E-state index in [-0.39, 0.29) is 64.2 Å². The van der Waals surface area contributed by atoms with Crippen molar-refractivity contribution in [2.75, 3.05) is 79.1 Å². The molecule has 1 atom stereocenters. The second-order valence-corrected chi connectivity index (χ2v) is 11.2. The summed E-state index contributed by atoms with van der Waals surface area (Å²) in [5.41, 5.74) is 7.32. The molecular weight excluding hydrogens is 666 g/mol. The fraction of sp³-hybridized carbons (Fsp3) is 0.588. The van der Waals surface area contributed by atoms with Gasteiger partial charge in [-0.15, -0.1) is 5.10 Å². The SMILES string of the molecule is NC(CCC(=O)NCCOCCOCC(=O)NCCOCCOCCn1cc(CCOC(=O)NCCCCC2=C/C=C\C=C/C=C\2)nn1)C(=O)O. The van der Waals surface area contributed by atoms with E-state index in [1.807, 2.05) is 30.4 Å². The molecule has 2 rings (SSSR count). The standard InChI is InChI=1S/C34H53N7O10/c35-30(33(44)45)11-12-31(42)36-15-19-48-24-25-50-27-32(43)37-16-20-47-22-23-49-21-17-41-26-29(39-40-41)13-18-51-34(46)38-14-7-6-10-28-8-4-2-1-3-5-9-28/h1-5,8-9,26,30H,6-7,10-25,27,35H2,(H,36,42)(H,37,43)(H,38,46)(H,44,45)/b2-1-,3-1?,4-2?,5-3-,8-4-,9-5?,28-8?,28-9+. The molecule has 0 spiro atoms. The summed E-state index contributed by atoms with van der Waals surface area (Å²) in [5.74, 6) is -1.72. The number of amides is 3. The summed E-state index contributed by atoms with van der Waals surface area (Å²) >= 11 is 0. The Labute approximate surface area is 298 Å². The highest BCUT2D eigenvalue weighted by molar-refractivity contribution is 5.78. The molecular formula is C34H53N7O10. The predicted molar refractivity (Wildman–Crippen MR) is 187 cm³/mol. The Morgan fingerprint density at radius 1 is 0.765 bits per heavy atom. The molecule has 1 aromatic heterocycles. The highest BCUT2D eigenvalue weighted by Crippen LogP contribution is 2.10. The van der Waals surface area contributed by atoms with Gasteiger partial charge in [0, 0.05) is 38.7 Å². The monoisotopic (exact) mass is 719 g/mol. The van der Waals surface area contributed by atoms with Crippen LogP contribution < -0.4 is 21.7 Å². The van der Waals surface area contributed by atoms with Crippen molar-refractivity contribution in [2.24, 2.45) is 5.73 Å². The molecule has 1 heterocycles. The number of allylic oxidation sites excluding steroid dienone is 8. The van der Waals surface area contributed by atoms with Crippen LogP contribution in [0.1, 0.15) is 37.8 Å². The van der Waals surface area contributed by atoms with Gasteiger partial charge in [0.2, 0.25) is 11.8 Å². The summed E-state index contributed by atoms with van der Waals surface area (Å²) in [7, 11) is 0. The minimum Gasteiger partial charge on any atom is -0.480 e. The zero-order valence-corrected chi connectivity index (χ0v) is 29.2. The van der Waals surface area contributed by atoms with Gasteiger partial charge in [-0.05, 0) is 31.3 Å². The van der Waals surface area contributed by atoms with Gasteiger partial charge in [-0.1, -0.05) is 47.7 Å². The lowest BCUT2D eigenvalue weighted by Gasteiger charge is -2.09. The number of alkyl carbamates (subject to hydrolysis) is 1. The Hall–Kier alpha value is -4.42. The molecule has 284 valence electrons. The van der Waals surface area contributed by atoms with Crippen LogP contribution in [-0.2, 0) is 51.0 Å². The minimum absolute atomic E-state index is 0.0233. The number of carbonyl (C=O) groups excluding carboxylic acids is 3. The third-order valence-electron chi connectivity index (χ3n) is 6.98. The maximum atomic E-state index is 11.9. The first-order valence-electron chi connectivity index (χ1n) is 17.2.